The molecule has 1 unspecified atom stereocenters. The second-order valence-electron chi connectivity index (χ2n) is 6.62. The third-order valence-electron chi connectivity index (χ3n) is 4.86. The Bertz CT molecular complexity index is 737. The lowest BCUT2D eigenvalue weighted by molar-refractivity contribution is 0.0620. The maximum Gasteiger partial charge on any atom is 0.280 e. The van der Waals surface area contributed by atoms with Crippen LogP contribution in [-0.4, -0.2) is 41.5 Å². The number of piperidine rings is 3. The SMILES string of the molecule is Cc1cccc(Sc2cnc(C(=O)NC3CN4CCC3CC4)s2)c1. The van der Waals surface area contributed by atoms with Gasteiger partial charge in [-0.3, -0.25) is 4.79 Å². The topological polar surface area (TPSA) is 45.2 Å². The number of aryl methyl sites for hydroxylation is 1. The summed E-state index contributed by atoms with van der Waals surface area (Å²) in [5.74, 6) is 0.620. The molecule has 2 aromatic rings. The molecule has 1 aromatic heterocycles. The molecule has 126 valence electrons. The number of rotatable bonds is 4. The van der Waals surface area contributed by atoms with Gasteiger partial charge in [-0.05, 0) is 50.9 Å². The first-order valence-corrected chi connectivity index (χ1v) is 10.0. The number of thiazole rings is 1. The molecule has 4 heterocycles. The Morgan fingerprint density at radius 3 is 2.92 bits per heavy atom. The molecule has 1 atom stereocenters. The lowest BCUT2D eigenvalue weighted by Crippen LogP contribution is -2.57. The summed E-state index contributed by atoms with van der Waals surface area (Å²) in [6.07, 6.45) is 4.22. The molecule has 1 aromatic carbocycles. The Kier molecular flexibility index (Phi) is 4.61. The van der Waals surface area contributed by atoms with Gasteiger partial charge in [-0.15, -0.1) is 11.3 Å². The van der Waals surface area contributed by atoms with Gasteiger partial charge in [0.25, 0.3) is 5.91 Å². The number of carbonyl (C=O) groups is 1. The predicted molar refractivity (Wildman–Crippen MR) is 97.8 cm³/mol. The van der Waals surface area contributed by atoms with Crippen molar-refractivity contribution in [3.63, 3.8) is 0 Å². The molecule has 2 bridgehead atoms. The summed E-state index contributed by atoms with van der Waals surface area (Å²) >= 11 is 3.14. The zero-order valence-electron chi connectivity index (χ0n) is 13.7. The molecule has 24 heavy (non-hydrogen) atoms. The van der Waals surface area contributed by atoms with Crippen LogP contribution >= 0.6 is 23.1 Å². The summed E-state index contributed by atoms with van der Waals surface area (Å²) in [6.45, 7) is 5.45. The number of nitrogens with zero attached hydrogens (tertiary/aromatic N) is 2. The number of aromatic nitrogens is 1. The lowest BCUT2D eigenvalue weighted by atomic mass is 9.84. The average Bonchev–Trinajstić information content (AvgIpc) is 3.05. The van der Waals surface area contributed by atoms with Gasteiger partial charge in [-0.2, -0.15) is 0 Å². The summed E-state index contributed by atoms with van der Waals surface area (Å²) in [7, 11) is 0. The van der Waals surface area contributed by atoms with E-state index in [1.54, 1.807) is 11.8 Å². The van der Waals surface area contributed by atoms with Crippen LogP contribution in [0.5, 0.6) is 0 Å². The lowest BCUT2D eigenvalue weighted by Gasteiger charge is -2.44. The highest BCUT2D eigenvalue weighted by Crippen LogP contribution is 2.33. The zero-order chi connectivity index (χ0) is 16.5. The highest BCUT2D eigenvalue weighted by atomic mass is 32.2. The Morgan fingerprint density at radius 2 is 2.21 bits per heavy atom. The van der Waals surface area contributed by atoms with Crippen LogP contribution in [0.3, 0.4) is 0 Å². The van der Waals surface area contributed by atoms with Crippen molar-refractivity contribution < 1.29 is 4.79 Å². The highest BCUT2D eigenvalue weighted by Gasteiger charge is 2.35. The smallest absolute Gasteiger partial charge is 0.280 e. The van der Waals surface area contributed by atoms with E-state index in [-0.39, 0.29) is 11.9 Å². The Morgan fingerprint density at radius 1 is 1.38 bits per heavy atom. The third kappa shape index (κ3) is 3.50. The van der Waals surface area contributed by atoms with Crippen molar-refractivity contribution >= 4 is 29.0 Å². The molecule has 4 nitrogen and oxygen atoms in total. The predicted octanol–water partition coefficient (Wildman–Crippen LogP) is 3.43. The van der Waals surface area contributed by atoms with E-state index in [0.717, 1.165) is 10.8 Å². The van der Waals surface area contributed by atoms with Crippen LogP contribution in [0.4, 0.5) is 0 Å². The summed E-state index contributed by atoms with van der Waals surface area (Å²) in [4.78, 5) is 20.5. The van der Waals surface area contributed by atoms with Crippen molar-refractivity contribution in [2.24, 2.45) is 5.92 Å². The maximum atomic E-state index is 12.5. The van der Waals surface area contributed by atoms with E-state index in [9.17, 15) is 4.79 Å². The molecule has 0 spiro atoms. The minimum Gasteiger partial charge on any atom is -0.346 e. The van der Waals surface area contributed by atoms with Gasteiger partial charge in [-0.1, -0.05) is 29.5 Å². The van der Waals surface area contributed by atoms with Crippen LogP contribution < -0.4 is 5.32 Å². The molecule has 6 heteroatoms. The number of carbonyl (C=O) groups excluding carboxylic acids is 1. The molecule has 1 N–H and O–H groups in total. The van der Waals surface area contributed by atoms with E-state index in [1.165, 1.54) is 47.7 Å². The summed E-state index contributed by atoms with van der Waals surface area (Å²) in [5.41, 5.74) is 1.24. The average molecular weight is 360 g/mol. The zero-order valence-corrected chi connectivity index (χ0v) is 15.3. The molecule has 0 aliphatic carbocycles. The van der Waals surface area contributed by atoms with Crippen molar-refractivity contribution in [2.45, 2.75) is 34.9 Å². The quantitative estimate of drug-likeness (QED) is 0.908. The number of nitrogens with one attached hydrogen (secondary N) is 1. The molecule has 3 aliphatic rings. The molecule has 0 saturated carbocycles. The van der Waals surface area contributed by atoms with Gasteiger partial charge in [0, 0.05) is 17.5 Å². The van der Waals surface area contributed by atoms with Gasteiger partial charge < -0.3 is 10.2 Å². The number of hydrogen-bond donors (Lipinski definition) is 1. The molecule has 3 fully saturated rings. The summed E-state index contributed by atoms with van der Waals surface area (Å²) in [6, 6.07) is 8.67. The van der Waals surface area contributed by atoms with Crippen molar-refractivity contribution in [1.82, 2.24) is 15.2 Å². The monoisotopic (exact) mass is 359 g/mol. The second-order valence-corrected chi connectivity index (χ2v) is 9.03. The number of amides is 1. The van der Waals surface area contributed by atoms with Crippen molar-refractivity contribution in [3.8, 4) is 0 Å². The summed E-state index contributed by atoms with van der Waals surface area (Å²) < 4.78 is 1.06. The van der Waals surface area contributed by atoms with Crippen LogP contribution in [-0.2, 0) is 0 Å². The van der Waals surface area contributed by atoms with Crippen LogP contribution in [0.25, 0.3) is 0 Å². The van der Waals surface area contributed by atoms with Gasteiger partial charge >= 0.3 is 0 Å². The molecule has 3 aliphatic heterocycles. The van der Waals surface area contributed by atoms with Gasteiger partial charge in [-0.25, -0.2) is 4.98 Å². The molecular weight excluding hydrogens is 338 g/mol. The fourth-order valence-corrected chi connectivity index (χ4v) is 5.54. The largest absolute Gasteiger partial charge is 0.346 e. The van der Waals surface area contributed by atoms with Gasteiger partial charge in [0.05, 0.1) is 10.4 Å². The first-order chi connectivity index (χ1) is 11.7. The van der Waals surface area contributed by atoms with E-state index >= 15 is 0 Å². The second kappa shape index (κ2) is 6.86. The van der Waals surface area contributed by atoms with Crippen LogP contribution in [0.15, 0.2) is 39.6 Å². The van der Waals surface area contributed by atoms with Crippen molar-refractivity contribution in [3.05, 3.63) is 41.0 Å². The molecule has 1 amide bonds. The fraction of sp³-hybridized carbons (Fsp3) is 0.444. The Hall–Kier alpha value is -1.37. The van der Waals surface area contributed by atoms with E-state index in [1.807, 2.05) is 6.20 Å². The molecule has 5 rings (SSSR count). The normalized spacial score (nSPS) is 25.6. The minimum absolute atomic E-state index is 0.0187. The Labute approximate surface area is 150 Å². The highest BCUT2D eigenvalue weighted by molar-refractivity contribution is 8.01. The number of benzene rings is 1. The molecule has 3 saturated heterocycles. The van der Waals surface area contributed by atoms with Gasteiger partial charge in [0.1, 0.15) is 0 Å². The van der Waals surface area contributed by atoms with Crippen molar-refractivity contribution in [1.29, 1.82) is 0 Å². The third-order valence-corrected chi connectivity index (χ3v) is 6.95. The van der Waals surface area contributed by atoms with Gasteiger partial charge in [0.2, 0.25) is 0 Å². The first kappa shape index (κ1) is 16.1. The van der Waals surface area contributed by atoms with E-state index in [2.05, 4.69) is 46.4 Å². The number of hydrogen-bond acceptors (Lipinski definition) is 5. The maximum absolute atomic E-state index is 12.5. The minimum atomic E-state index is -0.0187. The fourth-order valence-electron chi connectivity index (χ4n) is 3.57. The van der Waals surface area contributed by atoms with Crippen molar-refractivity contribution in [2.75, 3.05) is 19.6 Å². The standard InChI is InChI=1S/C18H21N3OS2/c1-12-3-2-4-14(9-12)23-16-10-19-18(24-16)17(22)20-15-11-21-7-5-13(15)6-8-21/h2-4,9-10,13,15H,5-8,11H2,1H3,(H,20,22). The van der Waals surface area contributed by atoms with E-state index in [4.69, 9.17) is 0 Å². The Balaban J connectivity index is 1.40. The molecular formula is C18H21N3OS2. The van der Waals surface area contributed by atoms with Gasteiger partial charge in [0.15, 0.2) is 5.01 Å². The van der Waals surface area contributed by atoms with E-state index in [0.29, 0.717) is 10.9 Å². The van der Waals surface area contributed by atoms with Crippen LogP contribution in [0.1, 0.15) is 28.2 Å². The number of fused-ring (bicyclic) bond motifs is 3. The molecule has 0 radical (unpaired) electrons. The first-order valence-electron chi connectivity index (χ1n) is 8.41. The van der Waals surface area contributed by atoms with Crippen LogP contribution in [0.2, 0.25) is 0 Å². The van der Waals surface area contributed by atoms with E-state index < -0.39 is 0 Å². The summed E-state index contributed by atoms with van der Waals surface area (Å²) in [5, 5.41) is 3.78. The van der Waals surface area contributed by atoms with Crippen LogP contribution in [0, 0.1) is 12.8 Å².